The zero-order chi connectivity index (χ0) is 12.4. The van der Waals surface area contributed by atoms with Crippen LogP contribution < -0.4 is 5.32 Å². The molecule has 2 aromatic rings. The van der Waals surface area contributed by atoms with Gasteiger partial charge in [-0.2, -0.15) is 0 Å². The number of halogens is 1. The standard InChI is InChI=1S/C13H14FNO2/c1-3-15-8(2)13(16)10-6-9-4-5-17-12(9)7-11(10)14/h4-8,15H,3H2,1-2H3/t8-/m0/s1. The second kappa shape index (κ2) is 4.67. The van der Waals surface area contributed by atoms with Gasteiger partial charge in [-0.3, -0.25) is 4.79 Å². The number of likely N-dealkylation sites (N-methyl/N-ethyl adjacent to an activating group) is 1. The van der Waals surface area contributed by atoms with Crippen molar-refractivity contribution in [2.75, 3.05) is 6.54 Å². The molecule has 1 atom stereocenters. The lowest BCUT2D eigenvalue weighted by Crippen LogP contribution is -2.34. The fraction of sp³-hybridized carbons (Fsp3) is 0.308. The topological polar surface area (TPSA) is 42.2 Å². The molecule has 0 saturated carbocycles. The Kier molecular flexibility index (Phi) is 3.24. The summed E-state index contributed by atoms with van der Waals surface area (Å²) in [7, 11) is 0. The number of fused-ring (bicyclic) bond motifs is 1. The zero-order valence-electron chi connectivity index (χ0n) is 9.79. The van der Waals surface area contributed by atoms with E-state index < -0.39 is 5.82 Å². The van der Waals surface area contributed by atoms with E-state index in [1.165, 1.54) is 18.4 Å². The summed E-state index contributed by atoms with van der Waals surface area (Å²) in [6.45, 7) is 4.30. The van der Waals surface area contributed by atoms with Crippen LogP contribution in [0.1, 0.15) is 24.2 Å². The average Bonchev–Trinajstić information content (AvgIpc) is 2.74. The Morgan fingerprint density at radius 3 is 3.00 bits per heavy atom. The van der Waals surface area contributed by atoms with Crippen LogP contribution in [-0.4, -0.2) is 18.4 Å². The number of ketones is 1. The predicted octanol–water partition coefficient (Wildman–Crippen LogP) is 2.75. The van der Waals surface area contributed by atoms with Crippen LogP contribution in [-0.2, 0) is 0 Å². The van der Waals surface area contributed by atoms with Crippen molar-refractivity contribution in [3.05, 3.63) is 35.8 Å². The van der Waals surface area contributed by atoms with E-state index in [0.29, 0.717) is 12.1 Å². The molecule has 4 heteroatoms. The highest BCUT2D eigenvalue weighted by Crippen LogP contribution is 2.21. The lowest BCUT2D eigenvalue weighted by atomic mass is 10.0. The molecule has 3 nitrogen and oxygen atoms in total. The van der Waals surface area contributed by atoms with Gasteiger partial charge in [0.25, 0.3) is 0 Å². The maximum atomic E-state index is 13.7. The molecule has 0 aliphatic carbocycles. The first-order valence-corrected chi connectivity index (χ1v) is 5.58. The van der Waals surface area contributed by atoms with Gasteiger partial charge >= 0.3 is 0 Å². The third-order valence-corrected chi connectivity index (χ3v) is 2.71. The molecule has 0 amide bonds. The van der Waals surface area contributed by atoms with Crippen LogP contribution in [0.3, 0.4) is 0 Å². The second-order valence-electron chi connectivity index (χ2n) is 3.93. The summed E-state index contributed by atoms with van der Waals surface area (Å²) in [6.07, 6.45) is 1.48. The number of hydrogen-bond donors (Lipinski definition) is 1. The Morgan fingerprint density at radius 1 is 1.53 bits per heavy atom. The van der Waals surface area contributed by atoms with Crippen molar-refractivity contribution >= 4 is 16.8 Å². The largest absolute Gasteiger partial charge is 0.464 e. The first kappa shape index (κ1) is 11.8. The van der Waals surface area contributed by atoms with Gasteiger partial charge in [-0.1, -0.05) is 6.92 Å². The van der Waals surface area contributed by atoms with Crippen molar-refractivity contribution in [1.82, 2.24) is 5.32 Å². The molecule has 0 radical (unpaired) electrons. The van der Waals surface area contributed by atoms with Crippen LogP contribution in [0.25, 0.3) is 11.0 Å². The quantitative estimate of drug-likeness (QED) is 0.828. The zero-order valence-corrected chi connectivity index (χ0v) is 9.79. The SMILES string of the molecule is CCN[C@@H](C)C(=O)c1cc2ccoc2cc1F. The highest BCUT2D eigenvalue weighted by molar-refractivity contribution is 6.02. The minimum atomic E-state index is -0.540. The molecule has 0 unspecified atom stereocenters. The number of hydrogen-bond acceptors (Lipinski definition) is 3. The summed E-state index contributed by atoms with van der Waals surface area (Å²) in [4.78, 5) is 12.0. The van der Waals surface area contributed by atoms with Crippen molar-refractivity contribution < 1.29 is 13.6 Å². The molecule has 0 fully saturated rings. The van der Waals surface area contributed by atoms with Crippen molar-refractivity contribution in [3.63, 3.8) is 0 Å². The molecule has 90 valence electrons. The maximum Gasteiger partial charge on any atom is 0.182 e. The van der Waals surface area contributed by atoms with E-state index in [0.717, 1.165) is 5.39 Å². The molecule has 17 heavy (non-hydrogen) atoms. The Bertz CT molecular complexity index is 547. The van der Waals surface area contributed by atoms with E-state index in [2.05, 4.69) is 5.32 Å². The Labute approximate surface area is 98.6 Å². The lowest BCUT2D eigenvalue weighted by Gasteiger charge is -2.11. The van der Waals surface area contributed by atoms with Gasteiger partial charge in [-0.25, -0.2) is 4.39 Å². The number of benzene rings is 1. The van der Waals surface area contributed by atoms with Gasteiger partial charge in [0.05, 0.1) is 17.9 Å². The van der Waals surface area contributed by atoms with E-state index in [9.17, 15) is 9.18 Å². The van der Waals surface area contributed by atoms with Crippen LogP contribution in [0, 0.1) is 5.82 Å². The number of nitrogens with one attached hydrogen (secondary N) is 1. The Hall–Kier alpha value is -1.68. The summed E-state index contributed by atoms with van der Waals surface area (Å²) in [5.41, 5.74) is 0.558. The molecule has 1 aromatic carbocycles. The predicted molar refractivity (Wildman–Crippen MR) is 63.6 cm³/mol. The smallest absolute Gasteiger partial charge is 0.182 e. The van der Waals surface area contributed by atoms with Gasteiger partial charge in [-0.05, 0) is 25.6 Å². The minimum absolute atomic E-state index is 0.104. The molecule has 0 spiro atoms. The number of rotatable bonds is 4. The van der Waals surface area contributed by atoms with Gasteiger partial charge in [0.15, 0.2) is 5.78 Å². The second-order valence-corrected chi connectivity index (χ2v) is 3.93. The summed E-state index contributed by atoms with van der Waals surface area (Å²) in [5, 5.41) is 3.71. The van der Waals surface area contributed by atoms with Crippen molar-refractivity contribution in [2.24, 2.45) is 0 Å². The average molecular weight is 235 g/mol. The molecule has 0 aliphatic rings. The van der Waals surface area contributed by atoms with E-state index in [1.54, 1.807) is 13.0 Å². The fourth-order valence-corrected chi connectivity index (χ4v) is 1.81. The number of carbonyl (C=O) groups excluding carboxylic acids is 1. The third-order valence-electron chi connectivity index (χ3n) is 2.71. The monoisotopic (exact) mass is 235 g/mol. The highest BCUT2D eigenvalue weighted by Gasteiger charge is 2.19. The summed E-state index contributed by atoms with van der Waals surface area (Å²) in [6, 6.07) is 4.11. The van der Waals surface area contributed by atoms with E-state index in [1.807, 2.05) is 6.92 Å². The number of Topliss-reactive ketones (excluding diaryl/α,β-unsaturated/α-hetero) is 1. The molecule has 0 bridgehead atoms. The Morgan fingerprint density at radius 2 is 2.29 bits per heavy atom. The van der Waals surface area contributed by atoms with Crippen molar-refractivity contribution in [1.29, 1.82) is 0 Å². The fourth-order valence-electron chi connectivity index (χ4n) is 1.81. The summed E-state index contributed by atoms with van der Waals surface area (Å²) < 4.78 is 18.8. The normalized spacial score (nSPS) is 12.9. The van der Waals surface area contributed by atoms with Crippen molar-refractivity contribution in [3.8, 4) is 0 Å². The third kappa shape index (κ3) is 2.22. The maximum absolute atomic E-state index is 13.7. The molecule has 1 N–H and O–H groups in total. The van der Waals surface area contributed by atoms with Crippen LogP contribution in [0.4, 0.5) is 4.39 Å². The number of furan rings is 1. The van der Waals surface area contributed by atoms with Gasteiger partial charge in [0, 0.05) is 11.5 Å². The highest BCUT2D eigenvalue weighted by atomic mass is 19.1. The van der Waals surface area contributed by atoms with Crippen molar-refractivity contribution in [2.45, 2.75) is 19.9 Å². The summed E-state index contributed by atoms with van der Waals surface area (Å²) in [5.74, 6) is -0.783. The molecule has 2 rings (SSSR count). The van der Waals surface area contributed by atoms with E-state index >= 15 is 0 Å². The van der Waals surface area contributed by atoms with Gasteiger partial charge < -0.3 is 9.73 Å². The lowest BCUT2D eigenvalue weighted by molar-refractivity contribution is 0.0948. The van der Waals surface area contributed by atoms with Crippen LogP contribution >= 0.6 is 0 Å². The minimum Gasteiger partial charge on any atom is -0.464 e. The number of carbonyl (C=O) groups is 1. The molecule has 0 aliphatic heterocycles. The van der Waals surface area contributed by atoms with Crippen LogP contribution in [0.2, 0.25) is 0 Å². The summed E-state index contributed by atoms with van der Waals surface area (Å²) >= 11 is 0. The molecular weight excluding hydrogens is 221 g/mol. The Balaban J connectivity index is 2.40. The molecule has 1 aromatic heterocycles. The van der Waals surface area contributed by atoms with E-state index in [-0.39, 0.29) is 17.4 Å². The van der Waals surface area contributed by atoms with Gasteiger partial charge in [0.1, 0.15) is 11.4 Å². The van der Waals surface area contributed by atoms with Gasteiger partial charge in [0.2, 0.25) is 0 Å². The first-order chi connectivity index (χ1) is 8.13. The molecule has 0 saturated heterocycles. The molecular formula is C13H14FNO2. The van der Waals surface area contributed by atoms with E-state index in [4.69, 9.17) is 4.42 Å². The molecule has 1 heterocycles. The van der Waals surface area contributed by atoms with Crippen LogP contribution in [0.5, 0.6) is 0 Å². The van der Waals surface area contributed by atoms with Gasteiger partial charge in [-0.15, -0.1) is 0 Å². The van der Waals surface area contributed by atoms with Crippen LogP contribution in [0.15, 0.2) is 28.9 Å². The first-order valence-electron chi connectivity index (χ1n) is 5.58.